The quantitative estimate of drug-likeness (QED) is 0.303. The van der Waals surface area contributed by atoms with Crippen molar-refractivity contribution in [3.05, 3.63) is 66.9 Å². The molecule has 0 saturated carbocycles. The van der Waals surface area contributed by atoms with Crippen molar-refractivity contribution in [2.75, 3.05) is 36.4 Å². The predicted molar refractivity (Wildman–Crippen MR) is 144 cm³/mol. The van der Waals surface area contributed by atoms with Crippen molar-refractivity contribution in [3.63, 3.8) is 0 Å². The first kappa shape index (κ1) is 26.4. The summed E-state index contributed by atoms with van der Waals surface area (Å²) in [6, 6.07) is 13.7. The molecule has 0 aliphatic carbocycles. The Hall–Kier alpha value is -4.85. The zero-order chi connectivity index (χ0) is 28.6. The van der Waals surface area contributed by atoms with Gasteiger partial charge in [-0.15, -0.1) is 0 Å². The number of aryl methyl sites for hydroxylation is 1. The van der Waals surface area contributed by atoms with Crippen LogP contribution in [0.2, 0.25) is 0 Å². The Bertz CT molecular complexity index is 1730. The number of fused-ring (bicyclic) bond motifs is 2. The Morgan fingerprint density at radius 2 is 1.85 bits per heavy atom. The molecular weight excluding hydrogens is 539 g/mol. The van der Waals surface area contributed by atoms with Crippen LogP contribution in [-0.2, 0) is 4.79 Å². The molecule has 6 heterocycles. The summed E-state index contributed by atoms with van der Waals surface area (Å²) in [5, 5.41) is 10.9. The average molecular weight is 564 g/mol. The second kappa shape index (κ2) is 10.3. The maximum absolute atomic E-state index is 10.4. The van der Waals surface area contributed by atoms with Crippen LogP contribution in [0.1, 0.15) is 5.56 Å². The Kier molecular flexibility index (Phi) is 6.61. The second-order valence-corrected chi connectivity index (χ2v) is 10.0. The molecule has 11 nitrogen and oxygen atoms in total. The van der Waals surface area contributed by atoms with E-state index in [-0.39, 0.29) is 0 Å². The van der Waals surface area contributed by atoms with E-state index in [0.717, 1.165) is 65.7 Å². The topological polar surface area (TPSA) is 122 Å². The second-order valence-electron chi connectivity index (χ2n) is 10.0. The van der Waals surface area contributed by atoms with E-state index in [1.807, 2.05) is 55.6 Å². The minimum Gasteiger partial charge on any atom is -0.457 e. The van der Waals surface area contributed by atoms with Crippen molar-refractivity contribution < 1.29 is 22.7 Å². The number of nitrogens with zero attached hydrogens (tertiary/aromatic N) is 7. The highest BCUT2D eigenvalue weighted by molar-refractivity contribution is 5.88. The SMILES string of the molecule is Cc1cc(Nc2ncnc3ccc(N4CC5(CNC5)C4)nc23)ccc1Oc1ccn2ncnc2c1.O=CC(F)(F)F. The molecule has 4 aromatic heterocycles. The number of benzene rings is 1. The maximum atomic E-state index is 10.4. The van der Waals surface area contributed by atoms with Crippen LogP contribution < -0.4 is 20.3 Å². The summed E-state index contributed by atoms with van der Waals surface area (Å²) < 4.78 is 39.0. The lowest BCUT2D eigenvalue weighted by atomic mass is 9.74. The normalized spacial score (nSPS) is 15.6. The highest BCUT2D eigenvalue weighted by atomic mass is 19.4. The van der Waals surface area contributed by atoms with Gasteiger partial charge in [0.05, 0.1) is 5.52 Å². The lowest BCUT2D eigenvalue weighted by molar-refractivity contribution is -0.156. The monoisotopic (exact) mass is 563 g/mol. The summed E-state index contributed by atoms with van der Waals surface area (Å²) in [7, 11) is 0. The summed E-state index contributed by atoms with van der Waals surface area (Å²) >= 11 is 0. The molecule has 1 spiro atoms. The van der Waals surface area contributed by atoms with E-state index in [0.29, 0.717) is 17.0 Å². The molecule has 0 unspecified atom stereocenters. The molecule has 5 aromatic rings. The fourth-order valence-electron chi connectivity index (χ4n) is 4.79. The number of aldehydes is 1. The summed E-state index contributed by atoms with van der Waals surface area (Å²) in [6.45, 7) is 6.29. The Labute approximate surface area is 231 Å². The smallest absolute Gasteiger partial charge is 0.446 e. The van der Waals surface area contributed by atoms with Gasteiger partial charge in [-0.05, 0) is 48.9 Å². The van der Waals surface area contributed by atoms with Crippen LogP contribution in [0, 0.1) is 12.3 Å². The molecule has 2 fully saturated rings. The molecule has 41 heavy (non-hydrogen) atoms. The van der Waals surface area contributed by atoms with Gasteiger partial charge in [0, 0.05) is 49.5 Å². The van der Waals surface area contributed by atoms with Crippen LogP contribution in [0.15, 0.2) is 61.3 Å². The zero-order valence-corrected chi connectivity index (χ0v) is 21.8. The molecular formula is C27H24F3N9O2. The summed E-state index contributed by atoms with van der Waals surface area (Å²) in [4.78, 5) is 29.0. The van der Waals surface area contributed by atoms with Crippen molar-refractivity contribution in [2.24, 2.45) is 5.41 Å². The highest BCUT2D eigenvalue weighted by Gasteiger charge is 2.48. The molecule has 0 atom stereocenters. The molecule has 2 aliphatic rings. The first-order valence-electron chi connectivity index (χ1n) is 12.7. The number of rotatable bonds is 5. The van der Waals surface area contributed by atoms with E-state index in [1.165, 1.54) is 6.33 Å². The van der Waals surface area contributed by atoms with E-state index >= 15 is 0 Å². The molecule has 7 rings (SSSR count). The minimum absolute atomic E-state index is 0.438. The molecule has 14 heteroatoms. The molecule has 0 radical (unpaired) electrons. The van der Waals surface area contributed by atoms with Crippen LogP contribution in [0.25, 0.3) is 16.7 Å². The summed E-state index contributed by atoms with van der Waals surface area (Å²) in [5.74, 6) is 3.13. The predicted octanol–water partition coefficient (Wildman–Crippen LogP) is 4.07. The number of nitrogens with one attached hydrogen (secondary N) is 2. The van der Waals surface area contributed by atoms with Crippen molar-refractivity contribution in [1.29, 1.82) is 0 Å². The molecule has 2 saturated heterocycles. The molecule has 0 amide bonds. The number of anilines is 3. The fraction of sp³-hybridized carbons (Fsp3) is 0.259. The lowest BCUT2D eigenvalue weighted by Gasteiger charge is -2.56. The number of halogens is 3. The molecule has 2 N–H and O–H groups in total. The zero-order valence-electron chi connectivity index (χ0n) is 21.8. The van der Waals surface area contributed by atoms with Crippen molar-refractivity contribution in [2.45, 2.75) is 13.1 Å². The van der Waals surface area contributed by atoms with Crippen molar-refractivity contribution >= 4 is 40.3 Å². The number of hydrogen-bond acceptors (Lipinski definition) is 10. The van der Waals surface area contributed by atoms with Gasteiger partial charge in [0.15, 0.2) is 11.5 Å². The summed E-state index contributed by atoms with van der Waals surface area (Å²) in [6.07, 6.45) is -0.790. The average Bonchev–Trinajstić information content (AvgIpc) is 3.37. The Morgan fingerprint density at radius 1 is 1.05 bits per heavy atom. The van der Waals surface area contributed by atoms with Crippen molar-refractivity contribution in [1.82, 2.24) is 34.9 Å². The van der Waals surface area contributed by atoms with Gasteiger partial charge in [-0.3, -0.25) is 4.79 Å². The first-order chi connectivity index (χ1) is 19.7. The number of carbonyl (C=O) groups is 1. The van der Waals surface area contributed by atoms with E-state index in [2.05, 4.69) is 35.6 Å². The van der Waals surface area contributed by atoms with E-state index in [9.17, 15) is 13.2 Å². The maximum Gasteiger partial charge on any atom is 0.446 e. The van der Waals surface area contributed by atoms with Crippen LogP contribution in [0.4, 0.5) is 30.5 Å². The van der Waals surface area contributed by atoms with E-state index in [1.54, 1.807) is 10.8 Å². The first-order valence-corrected chi connectivity index (χ1v) is 12.7. The number of ether oxygens (including phenoxy) is 1. The van der Waals surface area contributed by atoms with Gasteiger partial charge in [0.25, 0.3) is 0 Å². The van der Waals surface area contributed by atoms with Crippen LogP contribution >= 0.6 is 0 Å². The van der Waals surface area contributed by atoms with Gasteiger partial charge in [-0.25, -0.2) is 24.5 Å². The molecule has 0 bridgehead atoms. The number of alkyl halides is 3. The van der Waals surface area contributed by atoms with Gasteiger partial charge in [0.2, 0.25) is 6.29 Å². The molecule has 2 aliphatic heterocycles. The number of carbonyl (C=O) groups excluding carboxylic acids is 1. The van der Waals surface area contributed by atoms with Gasteiger partial charge in [0.1, 0.15) is 35.5 Å². The Morgan fingerprint density at radius 3 is 2.56 bits per heavy atom. The van der Waals surface area contributed by atoms with E-state index in [4.69, 9.17) is 14.5 Å². The van der Waals surface area contributed by atoms with Gasteiger partial charge < -0.3 is 20.3 Å². The Balaban J connectivity index is 0.000000458. The minimum atomic E-state index is -4.64. The number of aromatic nitrogens is 6. The fourth-order valence-corrected chi connectivity index (χ4v) is 4.79. The van der Waals surface area contributed by atoms with Crippen molar-refractivity contribution in [3.8, 4) is 11.5 Å². The highest BCUT2D eigenvalue weighted by Crippen LogP contribution is 2.37. The lowest BCUT2D eigenvalue weighted by Crippen LogP contribution is -2.71. The van der Waals surface area contributed by atoms with Crippen LogP contribution in [-0.4, -0.2) is 68.2 Å². The largest absolute Gasteiger partial charge is 0.457 e. The third kappa shape index (κ3) is 5.59. The third-order valence-electron chi connectivity index (χ3n) is 6.89. The molecule has 210 valence electrons. The molecule has 1 aromatic carbocycles. The van der Waals surface area contributed by atoms with Gasteiger partial charge in [-0.1, -0.05) is 0 Å². The number of pyridine rings is 2. The van der Waals surface area contributed by atoms with Crippen LogP contribution in [0.5, 0.6) is 11.5 Å². The third-order valence-corrected chi connectivity index (χ3v) is 6.89. The van der Waals surface area contributed by atoms with Gasteiger partial charge in [-0.2, -0.15) is 18.3 Å². The standard InChI is InChI=1S/C25H23N9O.C2HF3O/c1-16-8-17(2-4-20(16)35-18-6-7-34-22(9-18)28-15-30-34)31-24-23-19(27-14-29-24)3-5-21(32-23)33-12-25(13-33)10-26-11-25;3-2(4,5)1-6/h2-9,14-15,26H,10-13H2,1H3,(H,27,29,31);1H. The summed E-state index contributed by atoms with van der Waals surface area (Å²) in [5.41, 5.74) is 4.64. The number of hydrogen-bond donors (Lipinski definition) is 2. The van der Waals surface area contributed by atoms with Crippen LogP contribution in [0.3, 0.4) is 0 Å². The van der Waals surface area contributed by atoms with E-state index < -0.39 is 12.5 Å². The van der Waals surface area contributed by atoms with Gasteiger partial charge >= 0.3 is 6.18 Å².